The molecule has 1 fully saturated rings. The number of para-hydroxylation sites is 2. The number of amides is 2. The van der Waals surface area contributed by atoms with Gasteiger partial charge in [0, 0.05) is 13.1 Å². The molecule has 1 aliphatic rings. The van der Waals surface area contributed by atoms with Crippen LogP contribution in [0.2, 0.25) is 0 Å². The average molecular weight is 579 g/mol. The minimum Gasteiger partial charge on any atom is -0.492 e. The molecule has 3 aromatic rings. The molecule has 0 atom stereocenters. The van der Waals surface area contributed by atoms with Gasteiger partial charge < -0.3 is 14.4 Å². The number of ether oxygens (including phenoxy) is 2. The Labute approximate surface area is 240 Å². The second-order valence-electron chi connectivity index (χ2n) is 9.32. The fourth-order valence-electron chi connectivity index (χ4n) is 4.33. The molecule has 2 amide bonds. The topological polar surface area (TPSA) is 118 Å². The van der Waals surface area contributed by atoms with E-state index in [1.54, 1.807) is 73.7 Å². The third-order valence-corrected chi connectivity index (χ3v) is 8.18. The van der Waals surface area contributed by atoms with Gasteiger partial charge in [0.05, 0.1) is 23.4 Å². The van der Waals surface area contributed by atoms with E-state index in [2.05, 4.69) is 10.5 Å². The molecule has 4 rings (SSSR count). The summed E-state index contributed by atoms with van der Waals surface area (Å²) in [7, 11) is -4.09. The summed E-state index contributed by atoms with van der Waals surface area (Å²) in [5.74, 6) is 0.227. The highest BCUT2D eigenvalue weighted by Gasteiger charge is 2.29. The van der Waals surface area contributed by atoms with Crippen LogP contribution in [0.4, 0.5) is 5.69 Å². The van der Waals surface area contributed by atoms with Crippen molar-refractivity contribution >= 4 is 33.7 Å². The molecule has 216 valence electrons. The molecule has 1 N–H and O–H groups in total. The molecule has 1 heterocycles. The molecule has 0 saturated carbocycles. The molecule has 10 nitrogen and oxygen atoms in total. The number of rotatable bonds is 12. The van der Waals surface area contributed by atoms with Crippen LogP contribution in [0.3, 0.4) is 0 Å². The summed E-state index contributed by atoms with van der Waals surface area (Å²) in [4.78, 5) is 27.0. The molecule has 0 spiro atoms. The lowest BCUT2D eigenvalue weighted by Crippen LogP contribution is -2.39. The van der Waals surface area contributed by atoms with E-state index in [1.165, 1.54) is 18.3 Å². The van der Waals surface area contributed by atoms with Crippen LogP contribution in [0.1, 0.15) is 31.7 Å². The first kappa shape index (κ1) is 29.6. The highest BCUT2D eigenvalue weighted by atomic mass is 32.2. The first-order chi connectivity index (χ1) is 19.9. The number of benzene rings is 3. The molecular formula is C30H34N4O6S. The predicted octanol–water partition coefficient (Wildman–Crippen LogP) is 3.82. The van der Waals surface area contributed by atoms with Gasteiger partial charge >= 0.3 is 0 Å². The standard InChI is InChI=1S/C30H34N4O6S/c1-2-39-28-14-8-7-13-27(28)34(41(37,38)26-11-5-3-6-12-26)22-29(35)32-31-21-24-15-17-25(18-16-24)40-23-30(36)33-19-9-4-10-20-33/h3,5-8,11-18,21H,2,4,9-10,19-20,22-23H2,1H3,(H,32,35)/b31-21+. The van der Waals surface area contributed by atoms with Crippen molar-refractivity contribution in [3.63, 3.8) is 0 Å². The maximum absolute atomic E-state index is 13.6. The Kier molecular flexibility index (Phi) is 10.3. The zero-order valence-electron chi connectivity index (χ0n) is 22.9. The maximum atomic E-state index is 13.6. The number of piperidine rings is 1. The number of hydrogen-bond donors (Lipinski definition) is 1. The first-order valence-corrected chi connectivity index (χ1v) is 14.9. The van der Waals surface area contributed by atoms with Gasteiger partial charge in [-0.05, 0) is 80.3 Å². The second kappa shape index (κ2) is 14.3. The van der Waals surface area contributed by atoms with Crippen molar-refractivity contribution in [2.24, 2.45) is 5.10 Å². The van der Waals surface area contributed by atoms with Gasteiger partial charge in [-0.25, -0.2) is 13.8 Å². The van der Waals surface area contributed by atoms with Gasteiger partial charge in [0.15, 0.2) is 6.61 Å². The van der Waals surface area contributed by atoms with Crippen molar-refractivity contribution in [3.05, 3.63) is 84.4 Å². The molecule has 0 aliphatic carbocycles. The van der Waals surface area contributed by atoms with E-state index in [0.29, 0.717) is 23.7 Å². The largest absolute Gasteiger partial charge is 0.492 e. The molecule has 3 aromatic carbocycles. The van der Waals surface area contributed by atoms with Crippen LogP contribution in [0.15, 0.2) is 88.9 Å². The van der Waals surface area contributed by atoms with Crippen molar-refractivity contribution in [2.75, 3.05) is 37.2 Å². The van der Waals surface area contributed by atoms with Crippen LogP contribution in [0, 0.1) is 0 Å². The minimum absolute atomic E-state index is 0.0156. The average Bonchev–Trinajstić information content (AvgIpc) is 3.00. The van der Waals surface area contributed by atoms with Crippen LogP contribution in [0.5, 0.6) is 11.5 Å². The number of sulfonamides is 1. The van der Waals surface area contributed by atoms with Crippen LogP contribution in [-0.2, 0) is 19.6 Å². The Hall–Kier alpha value is -4.38. The Morgan fingerprint density at radius 1 is 0.927 bits per heavy atom. The van der Waals surface area contributed by atoms with Crippen LogP contribution >= 0.6 is 0 Å². The number of hydrogen-bond acceptors (Lipinski definition) is 7. The zero-order valence-corrected chi connectivity index (χ0v) is 23.8. The summed E-state index contributed by atoms with van der Waals surface area (Å²) < 4.78 is 39.4. The van der Waals surface area contributed by atoms with E-state index in [9.17, 15) is 18.0 Å². The third kappa shape index (κ3) is 8.07. The van der Waals surface area contributed by atoms with Crippen LogP contribution in [0.25, 0.3) is 0 Å². The molecule has 0 aromatic heterocycles. The summed E-state index contributed by atoms with van der Waals surface area (Å²) in [5, 5.41) is 3.99. The van der Waals surface area contributed by atoms with E-state index in [4.69, 9.17) is 9.47 Å². The fourth-order valence-corrected chi connectivity index (χ4v) is 5.79. The van der Waals surface area contributed by atoms with Gasteiger partial charge in [-0.3, -0.25) is 13.9 Å². The second-order valence-corrected chi connectivity index (χ2v) is 11.2. The molecule has 0 bridgehead atoms. The van der Waals surface area contributed by atoms with E-state index in [1.807, 2.05) is 4.90 Å². The number of nitrogens with zero attached hydrogens (tertiary/aromatic N) is 3. The SMILES string of the molecule is CCOc1ccccc1N(CC(=O)N/N=C/c1ccc(OCC(=O)N2CCCCC2)cc1)S(=O)(=O)c1ccccc1. The highest BCUT2D eigenvalue weighted by Crippen LogP contribution is 2.32. The zero-order chi connectivity index (χ0) is 29.1. The van der Waals surface area contributed by atoms with Crippen LogP contribution < -0.4 is 19.2 Å². The highest BCUT2D eigenvalue weighted by molar-refractivity contribution is 7.92. The van der Waals surface area contributed by atoms with Crippen molar-refractivity contribution in [1.82, 2.24) is 10.3 Å². The molecule has 0 radical (unpaired) electrons. The van der Waals surface area contributed by atoms with Gasteiger partial charge in [-0.2, -0.15) is 5.10 Å². The number of carbonyl (C=O) groups excluding carboxylic acids is 2. The lowest BCUT2D eigenvalue weighted by atomic mass is 10.1. The molecule has 41 heavy (non-hydrogen) atoms. The third-order valence-electron chi connectivity index (χ3n) is 6.41. The Balaban J connectivity index is 1.39. The Morgan fingerprint density at radius 3 is 2.32 bits per heavy atom. The molecule has 11 heteroatoms. The number of nitrogens with one attached hydrogen (secondary N) is 1. The monoisotopic (exact) mass is 578 g/mol. The van der Waals surface area contributed by atoms with Gasteiger partial charge in [0.1, 0.15) is 18.0 Å². The maximum Gasteiger partial charge on any atom is 0.264 e. The summed E-state index contributed by atoms with van der Waals surface area (Å²) in [6.07, 6.45) is 4.64. The number of likely N-dealkylation sites (tertiary alicyclic amines) is 1. The van der Waals surface area contributed by atoms with E-state index < -0.39 is 22.5 Å². The molecule has 0 unspecified atom stereocenters. The van der Waals surface area contributed by atoms with E-state index in [-0.39, 0.29) is 23.1 Å². The molecule has 1 saturated heterocycles. The minimum atomic E-state index is -4.09. The van der Waals surface area contributed by atoms with Crippen molar-refractivity contribution in [2.45, 2.75) is 31.1 Å². The van der Waals surface area contributed by atoms with Crippen molar-refractivity contribution in [3.8, 4) is 11.5 Å². The van der Waals surface area contributed by atoms with E-state index in [0.717, 1.165) is 36.7 Å². The molecule has 1 aliphatic heterocycles. The summed E-state index contributed by atoms with van der Waals surface area (Å²) in [6, 6.07) is 21.4. The van der Waals surface area contributed by atoms with Gasteiger partial charge in [-0.1, -0.05) is 30.3 Å². The number of hydrazone groups is 1. The first-order valence-electron chi connectivity index (χ1n) is 13.5. The normalized spacial score (nSPS) is 13.5. The van der Waals surface area contributed by atoms with Crippen molar-refractivity contribution in [1.29, 1.82) is 0 Å². The Morgan fingerprint density at radius 2 is 1.61 bits per heavy atom. The van der Waals surface area contributed by atoms with E-state index >= 15 is 0 Å². The smallest absolute Gasteiger partial charge is 0.264 e. The quantitative estimate of drug-likeness (QED) is 0.258. The fraction of sp³-hybridized carbons (Fsp3) is 0.300. The van der Waals surface area contributed by atoms with Gasteiger partial charge in [-0.15, -0.1) is 0 Å². The lowest BCUT2D eigenvalue weighted by Gasteiger charge is -2.26. The number of anilines is 1. The summed E-state index contributed by atoms with van der Waals surface area (Å²) in [5.41, 5.74) is 3.32. The van der Waals surface area contributed by atoms with Crippen molar-refractivity contribution < 1.29 is 27.5 Å². The van der Waals surface area contributed by atoms with Crippen LogP contribution in [-0.4, -0.2) is 64.2 Å². The summed E-state index contributed by atoms with van der Waals surface area (Å²) >= 11 is 0. The Bertz CT molecular complexity index is 1440. The number of carbonyl (C=O) groups is 2. The molecular weight excluding hydrogens is 544 g/mol. The van der Waals surface area contributed by atoms with Gasteiger partial charge in [0.25, 0.3) is 21.8 Å². The lowest BCUT2D eigenvalue weighted by molar-refractivity contribution is -0.134. The van der Waals surface area contributed by atoms with Gasteiger partial charge in [0.2, 0.25) is 0 Å². The predicted molar refractivity (Wildman–Crippen MR) is 157 cm³/mol. The summed E-state index contributed by atoms with van der Waals surface area (Å²) in [6.45, 7) is 3.14.